The van der Waals surface area contributed by atoms with Gasteiger partial charge in [0.25, 0.3) is 0 Å². The number of hydrogen-bond donors (Lipinski definition) is 4. The van der Waals surface area contributed by atoms with Gasteiger partial charge in [-0.15, -0.1) is 0 Å². The molecular formula is C25H28N6O3S2. The summed E-state index contributed by atoms with van der Waals surface area (Å²) < 4.78 is 26.5. The maximum absolute atomic E-state index is 11.6. The summed E-state index contributed by atoms with van der Waals surface area (Å²) in [7, 11) is -3.36. The summed E-state index contributed by atoms with van der Waals surface area (Å²) in [5.74, 6) is 1.18. The van der Waals surface area contributed by atoms with Gasteiger partial charge < -0.3 is 15.7 Å². The van der Waals surface area contributed by atoms with Gasteiger partial charge in [-0.1, -0.05) is 41.7 Å². The van der Waals surface area contributed by atoms with Crippen molar-refractivity contribution in [3.63, 3.8) is 0 Å². The molecule has 0 aliphatic heterocycles. The van der Waals surface area contributed by atoms with E-state index in [4.69, 9.17) is 9.97 Å². The average Bonchev–Trinajstić information content (AvgIpc) is 3.21. The van der Waals surface area contributed by atoms with Crippen molar-refractivity contribution in [1.82, 2.24) is 15.0 Å². The number of sulfonamides is 1. The Morgan fingerprint density at radius 1 is 1.00 bits per heavy atom. The number of rotatable bonds is 8. The van der Waals surface area contributed by atoms with Crippen molar-refractivity contribution in [2.45, 2.75) is 44.2 Å². The number of anilines is 4. The van der Waals surface area contributed by atoms with E-state index in [0.717, 1.165) is 53.4 Å². The van der Waals surface area contributed by atoms with E-state index in [2.05, 4.69) is 32.5 Å². The topological polar surface area (TPSA) is 129 Å². The van der Waals surface area contributed by atoms with E-state index in [-0.39, 0.29) is 12.1 Å². The zero-order valence-corrected chi connectivity index (χ0v) is 21.4. The number of aliphatic hydroxyl groups is 1. The second-order valence-electron chi connectivity index (χ2n) is 9.08. The van der Waals surface area contributed by atoms with E-state index in [1.807, 2.05) is 24.3 Å². The van der Waals surface area contributed by atoms with Crippen molar-refractivity contribution in [3.8, 4) is 0 Å². The van der Waals surface area contributed by atoms with Crippen LogP contribution in [0.5, 0.6) is 0 Å². The lowest BCUT2D eigenvalue weighted by molar-refractivity contribution is 0.126. The molecule has 4 aromatic rings. The third-order valence-electron chi connectivity index (χ3n) is 5.96. The fraction of sp³-hybridized carbons (Fsp3) is 0.320. The Bertz CT molecular complexity index is 1450. The lowest BCUT2D eigenvalue weighted by Gasteiger charge is -2.26. The third kappa shape index (κ3) is 6.48. The Balaban J connectivity index is 1.40. The number of nitrogens with one attached hydrogen (secondary N) is 3. The van der Waals surface area contributed by atoms with Crippen LogP contribution in [-0.4, -0.2) is 46.9 Å². The number of thiazole rings is 1. The van der Waals surface area contributed by atoms with Crippen molar-refractivity contribution < 1.29 is 13.5 Å². The fourth-order valence-electron chi connectivity index (χ4n) is 4.29. The molecule has 0 unspecified atom stereocenters. The molecule has 1 aliphatic rings. The Kier molecular flexibility index (Phi) is 7.04. The van der Waals surface area contributed by atoms with Crippen LogP contribution >= 0.6 is 11.3 Å². The van der Waals surface area contributed by atoms with Gasteiger partial charge in [0.15, 0.2) is 5.13 Å². The third-order valence-corrected chi connectivity index (χ3v) is 7.50. The second kappa shape index (κ2) is 10.4. The summed E-state index contributed by atoms with van der Waals surface area (Å²) in [4.78, 5) is 14.1. The highest BCUT2D eigenvalue weighted by Crippen LogP contribution is 2.31. The average molecular weight is 525 g/mol. The molecule has 0 bridgehead atoms. The van der Waals surface area contributed by atoms with E-state index in [9.17, 15) is 13.5 Å². The van der Waals surface area contributed by atoms with Crippen LogP contribution in [0.15, 0.2) is 54.6 Å². The first-order chi connectivity index (χ1) is 17.3. The predicted molar refractivity (Wildman–Crippen MR) is 145 cm³/mol. The van der Waals surface area contributed by atoms with Crippen LogP contribution in [0, 0.1) is 0 Å². The molecule has 2 heterocycles. The lowest BCUT2D eigenvalue weighted by atomic mass is 9.93. The molecular weight excluding hydrogens is 496 g/mol. The van der Waals surface area contributed by atoms with Crippen molar-refractivity contribution in [2.24, 2.45) is 0 Å². The molecule has 1 aliphatic carbocycles. The summed E-state index contributed by atoms with van der Waals surface area (Å²) in [6, 6.07) is 17.5. The van der Waals surface area contributed by atoms with Crippen molar-refractivity contribution in [3.05, 3.63) is 65.9 Å². The van der Waals surface area contributed by atoms with Gasteiger partial charge in [-0.05, 0) is 49.4 Å². The number of benzene rings is 2. The molecule has 0 radical (unpaired) electrons. The molecule has 0 atom stereocenters. The summed E-state index contributed by atoms with van der Waals surface area (Å²) in [5.41, 5.74) is 3.29. The molecule has 2 aromatic heterocycles. The molecule has 36 heavy (non-hydrogen) atoms. The molecule has 2 aromatic carbocycles. The van der Waals surface area contributed by atoms with E-state index in [1.165, 1.54) is 11.3 Å². The number of aliphatic hydroxyl groups excluding tert-OH is 1. The molecule has 0 amide bonds. The van der Waals surface area contributed by atoms with Crippen LogP contribution in [0.2, 0.25) is 0 Å². The normalized spacial score (nSPS) is 18.2. The van der Waals surface area contributed by atoms with Gasteiger partial charge in [0.05, 0.1) is 34.0 Å². The summed E-state index contributed by atoms with van der Waals surface area (Å²) in [5, 5.41) is 17.2. The van der Waals surface area contributed by atoms with Crippen LogP contribution < -0.4 is 15.4 Å². The van der Waals surface area contributed by atoms with Gasteiger partial charge in [0.1, 0.15) is 5.82 Å². The molecule has 1 fully saturated rings. The van der Waals surface area contributed by atoms with Crippen LogP contribution in [0.4, 0.5) is 22.6 Å². The molecule has 5 rings (SSSR count). The fourth-order valence-corrected chi connectivity index (χ4v) is 5.76. The maximum Gasteiger partial charge on any atom is 0.229 e. The number of hydrogen-bond acceptors (Lipinski definition) is 9. The van der Waals surface area contributed by atoms with Crippen LogP contribution in [0.25, 0.3) is 10.2 Å². The van der Waals surface area contributed by atoms with E-state index in [1.54, 1.807) is 18.2 Å². The van der Waals surface area contributed by atoms with Gasteiger partial charge in [-0.25, -0.2) is 18.4 Å². The first kappa shape index (κ1) is 24.4. The SMILES string of the molecule is CS(=O)(=O)Nc1ccc2nc(Nc3cc(Cc4ccccc4)nc(N[C@H]4CC[C@H](O)CC4)n3)sc2c1. The first-order valence-electron chi connectivity index (χ1n) is 11.8. The van der Waals surface area contributed by atoms with E-state index in [0.29, 0.717) is 29.0 Å². The second-order valence-corrected chi connectivity index (χ2v) is 11.9. The molecule has 188 valence electrons. The van der Waals surface area contributed by atoms with E-state index < -0.39 is 10.0 Å². The van der Waals surface area contributed by atoms with Gasteiger partial charge in [-0.3, -0.25) is 4.72 Å². The number of fused-ring (bicyclic) bond motifs is 1. The standard InChI is InChI=1S/C25H28N6O3S2/c1-36(33,34)31-18-9-12-21-22(14-18)35-25(28-21)30-23-15-19(13-16-5-3-2-4-6-16)27-24(29-23)26-17-7-10-20(32)11-8-17/h2-6,9,12,14-15,17,20,31-32H,7-8,10-11,13H2,1H3,(H2,26,27,28,29,30)/t17-,20-. The highest BCUT2D eigenvalue weighted by atomic mass is 32.2. The molecule has 1 saturated carbocycles. The zero-order chi connectivity index (χ0) is 25.1. The molecule has 0 saturated heterocycles. The smallest absolute Gasteiger partial charge is 0.229 e. The van der Waals surface area contributed by atoms with Gasteiger partial charge in [0, 0.05) is 18.5 Å². The van der Waals surface area contributed by atoms with Gasteiger partial charge in [0.2, 0.25) is 16.0 Å². The first-order valence-corrected chi connectivity index (χ1v) is 14.5. The highest BCUT2D eigenvalue weighted by Gasteiger charge is 2.20. The van der Waals surface area contributed by atoms with E-state index >= 15 is 0 Å². The largest absolute Gasteiger partial charge is 0.393 e. The number of aromatic nitrogens is 3. The molecule has 0 spiro atoms. The minimum Gasteiger partial charge on any atom is -0.393 e. The predicted octanol–water partition coefficient (Wildman–Crippen LogP) is 4.51. The van der Waals surface area contributed by atoms with Gasteiger partial charge >= 0.3 is 0 Å². The molecule has 4 N–H and O–H groups in total. The summed E-state index contributed by atoms with van der Waals surface area (Å²) in [6.07, 6.45) is 4.85. The molecule has 11 heteroatoms. The Morgan fingerprint density at radius 2 is 1.78 bits per heavy atom. The summed E-state index contributed by atoms with van der Waals surface area (Å²) in [6.45, 7) is 0. The summed E-state index contributed by atoms with van der Waals surface area (Å²) >= 11 is 1.42. The molecule has 9 nitrogen and oxygen atoms in total. The Morgan fingerprint density at radius 3 is 2.53 bits per heavy atom. The minimum absolute atomic E-state index is 0.219. The van der Waals surface area contributed by atoms with Gasteiger partial charge in [-0.2, -0.15) is 4.98 Å². The number of nitrogens with zero attached hydrogens (tertiary/aromatic N) is 3. The van der Waals surface area contributed by atoms with Crippen LogP contribution in [-0.2, 0) is 16.4 Å². The van der Waals surface area contributed by atoms with Crippen LogP contribution in [0.3, 0.4) is 0 Å². The van der Waals surface area contributed by atoms with Crippen molar-refractivity contribution in [2.75, 3.05) is 21.6 Å². The monoisotopic (exact) mass is 524 g/mol. The maximum atomic E-state index is 11.6. The lowest BCUT2D eigenvalue weighted by Crippen LogP contribution is -2.29. The van der Waals surface area contributed by atoms with Crippen molar-refractivity contribution >= 4 is 54.2 Å². The Labute approximate surface area is 214 Å². The van der Waals surface area contributed by atoms with Crippen molar-refractivity contribution in [1.29, 1.82) is 0 Å². The quantitative estimate of drug-likeness (QED) is 0.265. The zero-order valence-electron chi connectivity index (χ0n) is 19.8. The van der Waals surface area contributed by atoms with Crippen LogP contribution in [0.1, 0.15) is 36.9 Å². The minimum atomic E-state index is -3.36. The Hall–Kier alpha value is -3.28. The highest BCUT2D eigenvalue weighted by molar-refractivity contribution is 7.92.